The lowest BCUT2D eigenvalue weighted by molar-refractivity contribution is 0.415. The molecule has 0 amide bonds. The minimum absolute atomic E-state index is 0.879. The van der Waals surface area contributed by atoms with Crippen LogP contribution >= 0.6 is 0 Å². The van der Waals surface area contributed by atoms with Gasteiger partial charge in [0.05, 0.1) is 7.11 Å². The molecule has 0 unspecified atom stereocenters. The SMILES string of the molecule is C/C=C(\c1ccccc1)c1cc2cc(OC)ccc2[nH]1. The van der Waals surface area contributed by atoms with Gasteiger partial charge in [-0.05, 0) is 36.8 Å². The molecule has 0 aliphatic heterocycles. The van der Waals surface area contributed by atoms with E-state index >= 15 is 0 Å². The summed E-state index contributed by atoms with van der Waals surface area (Å²) in [6.07, 6.45) is 2.14. The van der Waals surface area contributed by atoms with Crippen molar-refractivity contribution in [1.82, 2.24) is 4.98 Å². The summed E-state index contributed by atoms with van der Waals surface area (Å²) >= 11 is 0. The molecule has 0 saturated carbocycles. The number of aromatic nitrogens is 1. The Kier molecular flexibility index (Phi) is 3.30. The number of H-pyrrole nitrogens is 1. The molecule has 3 aromatic rings. The van der Waals surface area contributed by atoms with Gasteiger partial charge >= 0.3 is 0 Å². The van der Waals surface area contributed by atoms with Crippen LogP contribution in [0.3, 0.4) is 0 Å². The Bertz CT molecular complexity index is 753. The van der Waals surface area contributed by atoms with Crippen molar-refractivity contribution in [2.45, 2.75) is 6.92 Å². The van der Waals surface area contributed by atoms with E-state index in [4.69, 9.17) is 4.74 Å². The fourth-order valence-corrected chi connectivity index (χ4v) is 2.48. The monoisotopic (exact) mass is 263 g/mol. The fourth-order valence-electron chi connectivity index (χ4n) is 2.48. The molecule has 3 rings (SSSR count). The number of nitrogens with one attached hydrogen (secondary N) is 1. The Morgan fingerprint density at radius 1 is 1.05 bits per heavy atom. The number of hydrogen-bond acceptors (Lipinski definition) is 1. The minimum atomic E-state index is 0.879. The summed E-state index contributed by atoms with van der Waals surface area (Å²) in [4.78, 5) is 3.47. The van der Waals surface area contributed by atoms with Crippen molar-refractivity contribution in [1.29, 1.82) is 0 Å². The molecule has 1 N–H and O–H groups in total. The third kappa shape index (κ3) is 2.21. The van der Waals surface area contributed by atoms with Crippen molar-refractivity contribution in [2.24, 2.45) is 0 Å². The van der Waals surface area contributed by atoms with Gasteiger partial charge in [-0.25, -0.2) is 0 Å². The summed E-state index contributed by atoms with van der Waals surface area (Å²) in [6.45, 7) is 2.06. The predicted octanol–water partition coefficient (Wildman–Crippen LogP) is 4.63. The van der Waals surface area contributed by atoms with Gasteiger partial charge in [0.25, 0.3) is 0 Å². The minimum Gasteiger partial charge on any atom is -0.497 e. The Labute approximate surface area is 118 Å². The van der Waals surface area contributed by atoms with E-state index in [9.17, 15) is 0 Å². The second-order valence-electron chi connectivity index (χ2n) is 4.70. The lowest BCUT2D eigenvalue weighted by atomic mass is 10.0. The lowest BCUT2D eigenvalue weighted by Gasteiger charge is -2.04. The number of allylic oxidation sites excluding steroid dienone is 1. The van der Waals surface area contributed by atoms with E-state index in [2.05, 4.69) is 54.4 Å². The maximum absolute atomic E-state index is 5.27. The summed E-state index contributed by atoms with van der Waals surface area (Å²) in [5.74, 6) is 0.879. The lowest BCUT2D eigenvalue weighted by Crippen LogP contribution is -1.86. The molecule has 1 heterocycles. The van der Waals surface area contributed by atoms with Gasteiger partial charge in [-0.2, -0.15) is 0 Å². The summed E-state index contributed by atoms with van der Waals surface area (Å²) in [6, 6.07) is 18.6. The fraction of sp³-hybridized carbons (Fsp3) is 0.111. The Balaban J connectivity index is 2.09. The molecule has 0 spiro atoms. The second-order valence-corrected chi connectivity index (χ2v) is 4.70. The van der Waals surface area contributed by atoms with Gasteiger partial charge < -0.3 is 9.72 Å². The third-order valence-corrected chi connectivity index (χ3v) is 3.49. The van der Waals surface area contributed by atoms with Crippen LogP contribution in [0.1, 0.15) is 18.2 Å². The Hall–Kier alpha value is -2.48. The molecule has 0 radical (unpaired) electrons. The molecule has 2 heteroatoms. The van der Waals surface area contributed by atoms with Gasteiger partial charge in [-0.1, -0.05) is 36.4 Å². The van der Waals surface area contributed by atoms with Crippen LogP contribution in [0.15, 0.2) is 60.7 Å². The first-order chi connectivity index (χ1) is 9.81. The highest BCUT2D eigenvalue weighted by atomic mass is 16.5. The van der Waals surface area contributed by atoms with E-state index in [1.807, 2.05) is 18.2 Å². The number of methoxy groups -OCH3 is 1. The molecule has 0 aliphatic carbocycles. The van der Waals surface area contributed by atoms with Crippen molar-refractivity contribution in [3.63, 3.8) is 0 Å². The summed E-state index contributed by atoms with van der Waals surface area (Å²) in [5, 5.41) is 1.16. The quantitative estimate of drug-likeness (QED) is 0.732. The predicted molar refractivity (Wildman–Crippen MR) is 84.0 cm³/mol. The van der Waals surface area contributed by atoms with Gasteiger partial charge in [0.2, 0.25) is 0 Å². The van der Waals surface area contributed by atoms with E-state index in [1.165, 1.54) is 11.1 Å². The van der Waals surface area contributed by atoms with Crippen molar-refractivity contribution >= 4 is 16.5 Å². The zero-order chi connectivity index (χ0) is 13.9. The molecule has 2 aromatic carbocycles. The number of benzene rings is 2. The topological polar surface area (TPSA) is 25.0 Å². The first-order valence-electron chi connectivity index (χ1n) is 6.70. The summed E-state index contributed by atoms with van der Waals surface area (Å²) < 4.78 is 5.27. The molecule has 1 aromatic heterocycles. The van der Waals surface area contributed by atoms with Crippen molar-refractivity contribution in [3.8, 4) is 5.75 Å². The number of ether oxygens (including phenoxy) is 1. The highest BCUT2D eigenvalue weighted by Gasteiger charge is 2.08. The van der Waals surface area contributed by atoms with Crippen LogP contribution in [0.2, 0.25) is 0 Å². The molecule has 100 valence electrons. The number of aromatic amines is 1. The standard InChI is InChI=1S/C18H17NO/c1-3-16(13-7-5-4-6-8-13)18-12-14-11-15(20-2)9-10-17(14)19-18/h3-12,19H,1-2H3/b16-3+. The molecule has 0 saturated heterocycles. The first kappa shape index (κ1) is 12.5. The molecule has 2 nitrogen and oxygen atoms in total. The van der Waals surface area contributed by atoms with Gasteiger partial charge in [0.1, 0.15) is 5.75 Å². The van der Waals surface area contributed by atoms with Crippen molar-refractivity contribution < 1.29 is 4.74 Å². The summed E-state index contributed by atoms with van der Waals surface area (Å²) in [7, 11) is 1.69. The molecular formula is C18H17NO. The Morgan fingerprint density at radius 2 is 1.85 bits per heavy atom. The molecular weight excluding hydrogens is 246 g/mol. The smallest absolute Gasteiger partial charge is 0.119 e. The van der Waals surface area contributed by atoms with Crippen LogP contribution in [0.4, 0.5) is 0 Å². The van der Waals surface area contributed by atoms with E-state index in [1.54, 1.807) is 7.11 Å². The van der Waals surface area contributed by atoms with Crippen LogP contribution in [0.5, 0.6) is 5.75 Å². The Morgan fingerprint density at radius 3 is 2.55 bits per heavy atom. The zero-order valence-electron chi connectivity index (χ0n) is 11.7. The van der Waals surface area contributed by atoms with E-state index in [0.29, 0.717) is 0 Å². The maximum Gasteiger partial charge on any atom is 0.119 e. The van der Waals surface area contributed by atoms with Crippen molar-refractivity contribution in [2.75, 3.05) is 7.11 Å². The van der Waals surface area contributed by atoms with E-state index < -0.39 is 0 Å². The van der Waals surface area contributed by atoms with Gasteiger partial charge in [0, 0.05) is 22.2 Å². The van der Waals surface area contributed by atoms with Crippen LogP contribution in [-0.4, -0.2) is 12.1 Å². The first-order valence-corrected chi connectivity index (χ1v) is 6.70. The average molecular weight is 263 g/mol. The molecule has 0 aliphatic rings. The number of fused-ring (bicyclic) bond motifs is 1. The van der Waals surface area contributed by atoms with Gasteiger partial charge in [-0.15, -0.1) is 0 Å². The van der Waals surface area contributed by atoms with E-state index in [-0.39, 0.29) is 0 Å². The summed E-state index contributed by atoms with van der Waals surface area (Å²) in [5.41, 5.74) is 4.67. The van der Waals surface area contributed by atoms with E-state index in [0.717, 1.165) is 22.3 Å². The van der Waals surface area contributed by atoms with Crippen molar-refractivity contribution in [3.05, 3.63) is 71.9 Å². The molecule has 0 atom stereocenters. The number of rotatable bonds is 3. The van der Waals surface area contributed by atoms with Crippen LogP contribution < -0.4 is 4.74 Å². The molecule has 0 fully saturated rings. The number of hydrogen-bond donors (Lipinski definition) is 1. The van der Waals surface area contributed by atoms with Gasteiger partial charge in [-0.3, -0.25) is 0 Å². The third-order valence-electron chi connectivity index (χ3n) is 3.49. The average Bonchev–Trinajstić information content (AvgIpc) is 2.91. The highest BCUT2D eigenvalue weighted by Crippen LogP contribution is 2.28. The van der Waals surface area contributed by atoms with Crippen LogP contribution in [0, 0.1) is 0 Å². The molecule has 20 heavy (non-hydrogen) atoms. The normalized spacial score (nSPS) is 11.8. The van der Waals surface area contributed by atoms with Gasteiger partial charge in [0.15, 0.2) is 0 Å². The largest absolute Gasteiger partial charge is 0.497 e. The zero-order valence-corrected chi connectivity index (χ0v) is 11.7. The van der Waals surface area contributed by atoms with Crippen LogP contribution in [-0.2, 0) is 0 Å². The molecule has 0 bridgehead atoms. The maximum atomic E-state index is 5.27. The second kappa shape index (κ2) is 5.25. The van der Waals surface area contributed by atoms with Crippen LogP contribution in [0.25, 0.3) is 16.5 Å². The highest BCUT2D eigenvalue weighted by molar-refractivity contribution is 5.89.